The van der Waals surface area contributed by atoms with Gasteiger partial charge in [-0.15, -0.1) is 0 Å². The quantitative estimate of drug-likeness (QED) is 0.179. The molecule has 0 bridgehead atoms. The molecule has 1 fully saturated rings. The van der Waals surface area contributed by atoms with Crippen LogP contribution in [0.3, 0.4) is 0 Å². The number of piperidine rings is 1. The highest BCUT2D eigenvalue weighted by Crippen LogP contribution is 2.28. The summed E-state index contributed by atoms with van der Waals surface area (Å²) < 4.78 is 1.78. The number of benzene rings is 3. The fourth-order valence-electron chi connectivity index (χ4n) is 6.26. The number of hydrogen-bond donors (Lipinski definition) is 3. The third kappa shape index (κ3) is 7.97. The Morgan fingerprint density at radius 1 is 0.915 bits per heavy atom. The van der Waals surface area contributed by atoms with Crippen LogP contribution in [0.25, 0.3) is 5.69 Å². The summed E-state index contributed by atoms with van der Waals surface area (Å²) in [6.07, 6.45) is 4.19. The molecule has 3 N–H and O–H groups in total. The highest BCUT2D eigenvalue weighted by atomic mass is 16.2. The zero-order valence-electron chi connectivity index (χ0n) is 27.7. The number of amides is 3. The first-order chi connectivity index (χ1) is 22.5. The summed E-state index contributed by atoms with van der Waals surface area (Å²) in [7, 11) is 0. The number of ketones is 1. The van der Waals surface area contributed by atoms with E-state index >= 15 is 0 Å². The molecule has 3 amide bonds. The van der Waals surface area contributed by atoms with Crippen LogP contribution in [0.15, 0.2) is 72.8 Å². The minimum atomic E-state index is -0.324. The number of carbonyl (C=O) groups is 3. The molecule has 0 aliphatic carbocycles. The molecule has 3 aromatic carbocycles. The number of urea groups is 1. The predicted octanol–water partition coefficient (Wildman–Crippen LogP) is 7.14. The molecule has 0 saturated carbocycles. The number of aromatic nitrogens is 2. The number of nitrogens with zero attached hydrogens (tertiary/aromatic N) is 3. The molecule has 9 nitrogen and oxygen atoms in total. The van der Waals surface area contributed by atoms with E-state index in [4.69, 9.17) is 5.10 Å². The molecule has 1 aromatic heterocycles. The first kappa shape index (κ1) is 32.2. The number of rotatable bonds is 8. The van der Waals surface area contributed by atoms with Crippen LogP contribution < -0.4 is 16.0 Å². The minimum absolute atomic E-state index is 0.0312. The van der Waals surface area contributed by atoms with Crippen molar-refractivity contribution in [3.63, 3.8) is 0 Å². The lowest BCUT2D eigenvalue weighted by molar-refractivity contribution is -0.116. The van der Waals surface area contributed by atoms with Crippen molar-refractivity contribution in [2.45, 2.75) is 65.2 Å². The summed E-state index contributed by atoms with van der Waals surface area (Å²) in [6, 6.07) is 23.3. The van der Waals surface area contributed by atoms with Crippen LogP contribution in [0.1, 0.15) is 72.8 Å². The van der Waals surface area contributed by atoms with Crippen LogP contribution in [-0.4, -0.2) is 52.0 Å². The molecule has 1 saturated heterocycles. The van der Waals surface area contributed by atoms with Gasteiger partial charge in [-0.3, -0.25) is 19.8 Å². The van der Waals surface area contributed by atoms with Crippen LogP contribution in [-0.2, 0) is 23.1 Å². The van der Waals surface area contributed by atoms with Crippen LogP contribution >= 0.6 is 0 Å². The number of fused-ring (bicyclic) bond motifs is 1. The van der Waals surface area contributed by atoms with Gasteiger partial charge < -0.3 is 10.6 Å². The first-order valence-corrected chi connectivity index (χ1v) is 16.5. The van der Waals surface area contributed by atoms with Gasteiger partial charge in [0.15, 0.2) is 5.78 Å². The molecule has 2 aliphatic rings. The van der Waals surface area contributed by atoms with Crippen molar-refractivity contribution in [1.29, 1.82) is 0 Å². The second-order valence-corrected chi connectivity index (χ2v) is 14.0. The zero-order valence-corrected chi connectivity index (χ0v) is 27.7. The monoisotopic (exact) mass is 632 g/mol. The molecule has 0 unspecified atom stereocenters. The van der Waals surface area contributed by atoms with Gasteiger partial charge >= 0.3 is 6.03 Å². The maximum Gasteiger partial charge on any atom is 0.324 e. The molecular weight excluding hydrogens is 588 g/mol. The molecule has 47 heavy (non-hydrogen) atoms. The number of aryl methyl sites for hydroxylation is 2. The number of Topliss-reactive ketones (excluding diaryl/α,β-unsaturated/α-hetero) is 1. The van der Waals surface area contributed by atoms with Gasteiger partial charge in [0.05, 0.1) is 17.9 Å². The molecule has 6 rings (SSSR count). The maximum absolute atomic E-state index is 13.0. The zero-order chi connectivity index (χ0) is 33.1. The standard InChI is InChI=1S/C38H44N6O3/c1-25-5-13-31(14-6-25)44-35(23-34(42-44)38(2,3)4)41-37(47)39-30-11-7-26(8-12-30)21-27-17-19-43(20-18-27)24-33(45)29-9-15-32-28(22-29)10-16-36(46)40-32/h5-9,11-15,22-23,27H,10,16-21,24H2,1-4H3,(H,40,46)(H2,39,41,47). The number of carbonyl (C=O) groups excluding carboxylic acids is 3. The number of nitrogens with one attached hydrogen (secondary N) is 3. The van der Waals surface area contributed by atoms with Crippen LogP contribution in [0, 0.1) is 12.8 Å². The molecule has 4 aromatic rings. The summed E-state index contributed by atoms with van der Waals surface area (Å²) in [5.74, 6) is 1.32. The fraction of sp³-hybridized carbons (Fsp3) is 0.368. The normalized spacial score (nSPS) is 15.5. The van der Waals surface area contributed by atoms with Crippen molar-refractivity contribution < 1.29 is 14.4 Å². The van der Waals surface area contributed by atoms with Gasteiger partial charge in [-0.25, -0.2) is 9.48 Å². The first-order valence-electron chi connectivity index (χ1n) is 16.5. The number of likely N-dealkylation sites (tertiary alicyclic amines) is 1. The van der Waals surface area contributed by atoms with Gasteiger partial charge in [0.1, 0.15) is 5.82 Å². The van der Waals surface area contributed by atoms with E-state index in [0.717, 1.165) is 71.8 Å². The van der Waals surface area contributed by atoms with Crippen LogP contribution in [0.4, 0.5) is 22.0 Å². The van der Waals surface area contributed by atoms with E-state index in [1.807, 2.05) is 67.6 Å². The molecule has 9 heteroatoms. The summed E-state index contributed by atoms with van der Waals surface area (Å²) in [5, 5.41) is 13.6. The highest BCUT2D eigenvalue weighted by Gasteiger charge is 2.24. The topological polar surface area (TPSA) is 108 Å². The van der Waals surface area contributed by atoms with Gasteiger partial charge in [0.2, 0.25) is 5.91 Å². The summed E-state index contributed by atoms with van der Waals surface area (Å²) in [6.45, 7) is 10.6. The minimum Gasteiger partial charge on any atom is -0.326 e. The Morgan fingerprint density at radius 2 is 1.64 bits per heavy atom. The SMILES string of the molecule is Cc1ccc(-n2nc(C(C)(C)C)cc2NC(=O)Nc2ccc(CC3CCN(CC(=O)c4ccc5c(c4)CCC(=O)N5)CC3)cc2)cc1. The number of hydrogen-bond acceptors (Lipinski definition) is 5. The second kappa shape index (κ2) is 13.5. The van der Waals surface area contributed by atoms with Crippen molar-refractivity contribution in [3.8, 4) is 5.69 Å². The van der Waals surface area contributed by atoms with E-state index < -0.39 is 0 Å². The predicted molar refractivity (Wildman–Crippen MR) is 187 cm³/mol. The molecule has 2 aliphatic heterocycles. The van der Waals surface area contributed by atoms with Gasteiger partial charge in [-0.1, -0.05) is 50.6 Å². The summed E-state index contributed by atoms with van der Waals surface area (Å²) in [4.78, 5) is 39.9. The van der Waals surface area contributed by atoms with Gasteiger partial charge in [0.25, 0.3) is 0 Å². The third-order valence-corrected chi connectivity index (χ3v) is 9.13. The van der Waals surface area contributed by atoms with Crippen molar-refractivity contribution in [2.24, 2.45) is 5.92 Å². The molecule has 3 heterocycles. The van der Waals surface area contributed by atoms with Crippen molar-refractivity contribution in [3.05, 3.63) is 101 Å². The fourth-order valence-corrected chi connectivity index (χ4v) is 6.26. The van der Waals surface area contributed by atoms with E-state index in [0.29, 0.717) is 31.1 Å². The second-order valence-electron chi connectivity index (χ2n) is 14.0. The average molecular weight is 633 g/mol. The smallest absolute Gasteiger partial charge is 0.324 e. The molecule has 0 atom stereocenters. The van der Waals surface area contributed by atoms with E-state index in [1.54, 1.807) is 4.68 Å². The number of anilines is 3. The molecule has 0 spiro atoms. The van der Waals surface area contributed by atoms with Crippen LogP contribution in [0.5, 0.6) is 0 Å². The Hall–Kier alpha value is -4.76. The Kier molecular flexibility index (Phi) is 9.27. The lowest BCUT2D eigenvalue weighted by Crippen LogP contribution is -2.37. The van der Waals surface area contributed by atoms with Crippen molar-refractivity contribution in [1.82, 2.24) is 14.7 Å². The molecular formula is C38H44N6O3. The largest absolute Gasteiger partial charge is 0.326 e. The van der Waals surface area contributed by atoms with Crippen molar-refractivity contribution in [2.75, 3.05) is 35.6 Å². The Balaban J connectivity index is 0.990. The highest BCUT2D eigenvalue weighted by molar-refractivity contribution is 6.00. The maximum atomic E-state index is 13.0. The average Bonchev–Trinajstić information content (AvgIpc) is 3.47. The van der Waals surface area contributed by atoms with E-state index in [9.17, 15) is 14.4 Å². The third-order valence-electron chi connectivity index (χ3n) is 9.13. The Labute approximate surface area is 276 Å². The Morgan fingerprint density at radius 3 is 2.34 bits per heavy atom. The molecule has 244 valence electrons. The molecule has 0 radical (unpaired) electrons. The van der Waals surface area contributed by atoms with E-state index in [-0.39, 0.29) is 23.1 Å². The van der Waals surface area contributed by atoms with Gasteiger partial charge in [0, 0.05) is 34.8 Å². The Bertz CT molecular complexity index is 1760. The lowest BCUT2D eigenvalue weighted by Gasteiger charge is -2.31. The summed E-state index contributed by atoms with van der Waals surface area (Å²) in [5.41, 5.74) is 7.30. The van der Waals surface area contributed by atoms with Gasteiger partial charge in [-0.2, -0.15) is 5.10 Å². The van der Waals surface area contributed by atoms with Gasteiger partial charge in [-0.05, 0) is 105 Å². The summed E-state index contributed by atoms with van der Waals surface area (Å²) >= 11 is 0. The van der Waals surface area contributed by atoms with E-state index in [2.05, 4.69) is 53.8 Å². The van der Waals surface area contributed by atoms with Crippen LogP contribution in [0.2, 0.25) is 0 Å². The van der Waals surface area contributed by atoms with E-state index in [1.165, 1.54) is 5.56 Å². The van der Waals surface area contributed by atoms with Crippen molar-refractivity contribution >= 4 is 34.9 Å². The lowest BCUT2D eigenvalue weighted by atomic mass is 9.90.